The molecular weight excluding hydrogens is 192 g/mol. The van der Waals surface area contributed by atoms with Crippen LogP contribution in [0, 0.1) is 5.92 Å². The molecule has 0 aromatic heterocycles. The van der Waals surface area contributed by atoms with Crippen LogP contribution in [0.4, 0.5) is 0 Å². The largest absolute Gasteiger partial charge is 0.463 e. The molecule has 1 unspecified atom stereocenters. The Labute approximate surface area is 90.5 Å². The van der Waals surface area contributed by atoms with Crippen molar-refractivity contribution in [1.29, 1.82) is 0 Å². The van der Waals surface area contributed by atoms with Crippen LogP contribution in [0.5, 0.6) is 0 Å². The van der Waals surface area contributed by atoms with Gasteiger partial charge in [-0.15, -0.1) is 0 Å². The summed E-state index contributed by atoms with van der Waals surface area (Å²) in [6.07, 6.45) is 4.69. The highest BCUT2D eigenvalue weighted by atomic mass is 16.5. The fraction of sp³-hybridized carbons (Fsp3) is 0.667. The zero-order valence-corrected chi connectivity index (χ0v) is 9.41. The summed E-state index contributed by atoms with van der Waals surface area (Å²) in [7, 11) is 0. The van der Waals surface area contributed by atoms with Gasteiger partial charge in [0, 0.05) is 18.1 Å². The van der Waals surface area contributed by atoms with E-state index < -0.39 is 5.97 Å². The van der Waals surface area contributed by atoms with E-state index in [1.54, 1.807) is 6.92 Å². The summed E-state index contributed by atoms with van der Waals surface area (Å²) in [6, 6.07) is 0. The number of carbonyl (C=O) groups excluding carboxylic acids is 2. The fourth-order valence-electron chi connectivity index (χ4n) is 1.84. The number of ether oxygens (including phenoxy) is 1. The Bertz CT molecular complexity index is 279. The van der Waals surface area contributed by atoms with E-state index in [2.05, 4.69) is 6.92 Å². The molecule has 84 valence electrons. The molecule has 1 aliphatic carbocycles. The van der Waals surface area contributed by atoms with Crippen molar-refractivity contribution >= 4 is 11.8 Å². The van der Waals surface area contributed by atoms with Crippen molar-refractivity contribution in [2.75, 3.05) is 6.61 Å². The number of ketones is 1. The van der Waals surface area contributed by atoms with Crippen LogP contribution in [0.2, 0.25) is 0 Å². The molecular formula is C12H18O3. The van der Waals surface area contributed by atoms with E-state index in [-0.39, 0.29) is 5.78 Å². The first-order valence-corrected chi connectivity index (χ1v) is 5.57. The van der Waals surface area contributed by atoms with Gasteiger partial charge in [-0.05, 0) is 25.7 Å². The minimum Gasteiger partial charge on any atom is -0.463 e. The molecule has 0 heterocycles. The average molecular weight is 210 g/mol. The van der Waals surface area contributed by atoms with Crippen LogP contribution < -0.4 is 0 Å². The molecule has 1 rings (SSSR count). The molecule has 0 amide bonds. The summed E-state index contributed by atoms with van der Waals surface area (Å²) >= 11 is 0. The third kappa shape index (κ3) is 3.50. The lowest BCUT2D eigenvalue weighted by atomic mass is 9.83. The van der Waals surface area contributed by atoms with E-state index in [1.165, 1.54) is 6.08 Å². The van der Waals surface area contributed by atoms with Crippen molar-refractivity contribution in [1.82, 2.24) is 0 Å². The number of hydrogen-bond donors (Lipinski definition) is 0. The molecule has 1 atom stereocenters. The first kappa shape index (κ1) is 12.0. The third-order valence-electron chi connectivity index (χ3n) is 2.80. The average Bonchev–Trinajstić information content (AvgIpc) is 2.21. The van der Waals surface area contributed by atoms with Gasteiger partial charge in [0.2, 0.25) is 0 Å². The minimum absolute atomic E-state index is 0.104. The summed E-state index contributed by atoms with van der Waals surface area (Å²) in [5.41, 5.74) is 0.645. The van der Waals surface area contributed by atoms with E-state index in [9.17, 15) is 9.59 Å². The van der Waals surface area contributed by atoms with Crippen LogP contribution in [0.1, 0.15) is 39.5 Å². The summed E-state index contributed by atoms with van der Waals surface area (Å²) in [6.45, 7) is 4.23. The first-order chi connectivity index (χ1) is 7.17. The lowest BCUT2D eigenvalue weighted by Gasteiger charge is -2.21. The molecule has 0 N–H and O–H groups in total. The summed E-state index contributed by atoms with van der Waals surface area (Å²) < 4.78 is 4.79. The standard InChI is InChI=1S/C12H18O3/c1-3-9-5-6-11(13)10(7-9)8-12(14)15-4-2/h8-9H,3-7H2,1-2H3/b10-8-. The van der Waals surface area contributed by atoms with E-state index >= 15 is 0 Å². The first-order valence-electron chi connectivity index (χ1n) is 5.57. The number of allylic oxidation sites excluding steroid dienone is 1. The van der Waals surface area contributed by atoms with Gasteiger partial charge < -0.3 is 4.74 Å². The number of Topliss-reactive ketones (excluding diaryl/α,β-unsaturated/α-hetero) is 1. The summed E-state index contributed by atoms with van der Waals surface area (Å²) in [5, 5.41) is 0. The fourth-order valence-corrected chi connectivity index (χ4v) is 1.84. The van der Waals surface area contributed by atoms with E-state index in [0.717, 1.165) is 19.3 Å². The molecule has 0 spiro atoms. The van der Waals surface area contributed by atoms with Crippen molar-refractivity contribution in [2.24, 2.45) is 5.92 Å². The predicted molar refractivity (Wildman–Crippen MR) is 57.4 cm³/mol. The lowest BCUT2D eigenvalue weighted by Crippen LogP contribution is -2.18. The zero-order chi connectivity index (χ0) is 11.3. The topological polar surface area (TPSA) is 43.4 Å². The summed E-state index contributed by atoms with van der Waals surface area (Å²) in [5.74, 6) is 0.258. The molecule has 0 aliphatic heterocycles. The monoisotopic (exact) mass is 210 g/mol. The van der Waals surface area contributed by atoms with Crippen molar-refractivity contribution < 1.29 is 14.3 Å². The van der Waals surface area contributed by atoms with Crippen LogP contribution in [-0.2, 0) is 14.3 Å². The molecule has 0 bridgehead atoms. The Morgan fingerprint density at radius 1 is 1.53 bits per heavy atom. The van der Waals surface area contributed by atoms with Crippen molar-refractivity contribution in [3.8, 4) is 0 Å². The second-order valence-electron chi connectivity index (χ2n) is 3.86. The molecule has 3 nitrogen and oxygen atoms in total. The van der Waals surface area contributed by atoms with Crippen LogP contribution in [0.15, 0.2) is 11.6 Å². The van der Waals surface area contributed by atoms with Crippen LogP contribution in [0.3, 0.4) is 0 Å². The summed E-state index contributed by atoms with van der Waals surface area (Å²) in [4.78, 5) is 22.7. The number of hydrogen-bond acceptors (Lipinski definition) is 3. The Morgan fingerprint density at radius 3 is 2.87 bits per heavy atom. The van der Waals surface area contributed by atoms with Crippen molar-refractivity contribution in [3.63, 3.8) is 0 Å². The molecule has 0 radical (unpaired) electrons. The van der Waals surface area contributed by atoms with E-state index in [0.29, 0.717) is 24.5 Å². The zero-order valence-electron chi connectivity index (χ0n) is 9.41. The highest BCUT2D eigenvalue weighted by Crippen LogP contribution is 2.27. The molecule has 0 saturated heterocycles. The molecule has 1 aliphatic rings. The molecule has 1 fully saturated rings. The number of esters is 1. The van der Waals surface area contributed by atoms with E-state index in [4.69, 9.17) is 4.74 Å². The van der Waals surface area contributed by atoms with Gasteiger partial charge in [0.1, 0.15) is 0 Å². The van der Waals surface area contributed by atoms with Gasteiger partial charge in [0.05, 0.1) is 6.61 Å². The minimum atomic E-state index is -0.391. The van der Waals surface area contributed by atoms with Gasteiger partial charge in [-0.2, -0.15) is 0 Å². The predicted octanol–water partition coefficient (Wildman–Crippen LogP) is 2.26. The van der Waals surface area contributed by atoms with Gasteiger partial charge in [-0.3, -0.25) is 4.79 Å². The SMILES string of the molecule is CCOC(=O)/C=C1/CC(CC)CCC1=O. The number of rotatable bonds is 3. The van der Waals surface area contributed by atoms with E-state index in [1.807, 2.05) is 0 Å². The Hall–Kier alpha value is -1.12. The highest BCUT2D eigenvalue weighted by molar-refractivity contribution is 6.01. The maximum atomic E-state index is 11.5. The Morgan fingerprint density at radius 2 is 2.27 bits per heavy atom. The van der Waals surface area contributed by atoms with Crippen LogP contribution in [-0.4, -0.2) is 18.4 Å². The Kier molecular flexibility index (Phi) is 4.53. The van der Waals surface area contributed by atoms with Gasteiger partial charge in [0.15, 0.2) is 5.78 Å². The smallest absolute Gasteiger partial charge is 0.331 e. The Balaban J connectivity index is 2.64. The van der Waals surface area contributed by atoms with Gasteiger partial charge in [-0.25, -0.2) is 4.79 Å². The third-order valence-corrected chi connectivity index (χ3v) is 2.80. The second kappa shape index (κ2) is 5.69. The van der Waals surface area contributed by atoms with Gasteiger partial charge in [0.25, 0.3) is 0 Å². The van der Waals surface area contributed by atoms with Crippen molar-refractivity contribution in [3.05, 3.63) is 11.6 Å². The molecule has 0 aromatic carbocycles. The van der Waals surface area contributed by atoms with Gasteiger partial charge >= 0.3 is 5.97 Å². The molecule has 15 heavy (non-hydrogen) atoms. The second-order valence-corrected chi connectivity index (χ2v) is 3.86. The maximum absolute atomic E-state index is 11.5. The van der Waals surface area contributed by atoms with Crippen molar-refractivity contribution in [2.45, 2.75) is 39.5 Å². The molecule has 3 heteroatoms. The maximum Gasteiger partial charge on any atom is 0.331 e. The lowest BCUT2D eigenvalue weighted by molar-refractivity contribution is -0.137. The molecule has 1 saturated carbocycles. The number of carbonyl (C=O) groups is 2. The quantitative estimate of drug-likeness (QED) is 0.530. The van der Waals surface area contributed by atoms with Crippen LogP contribution in [0.25, 0.3) is 0 Å². The highest BCUT2D eigenvalue weighted by Gasteiger charge is 2.22. The molecule has 0 aromatic rings. The van der Waals surface area contributed by atoms with Gasteiger partial charge in [-0.1, -0.05) is 13.3 Å². The van der Waals surface area contributed by atoms with Crippen LogP contribution >= 0.6 is 0 Å². The normalized spacial score (nSPS) is 24.3.